The van der Waals surface area contributed by atoms with E-state index in [1.165, 1.54) is 23.9 Å². The van der Waals surface area contributed by atoms with Gasteiger partial charge in [0.15, 0.2) is 0 Å². The van der Waals surface area contributed by atoms with Crippen molar-refractivity contribution >= 4 is 45.9 Å². The van der Waals surface area contributed by atoms with Crippen LogP contribution in [-0.4, -0.2) is 90.5 Å². The molecule has 0 bridgehead atoms. The van der Waals surface area contributed by atoms with Crippen LogP contribution >= 0.6 is 19.1 Å². The molecular weight excluding hydrogens is 622 g/mol. The number of alkyl halides is 3. The van der Waals surface area contributed by atoms with Crippen LogP contribution in [0.5, 0.6) is 0 Å². The van der Waals surface area contributed by atoms with Crippen LogP contribution in [0.4, 0.5) is 18.9 Å². The molecule has 1 aliphatic heterocycles. The predicted molar refractivity (Wildman–Crippen MR) is 156 cm³/mol. The molecule has 1 fully saturated rings. The summed E-state index contributed by atoms with van der Waals surface area (Å²) in [5, 5.41) is 0. The van der Waals surface area contributed by atoms with Gasteiger partial charge >= 0.3 is 5.51 Å². The molecule has 2 aromatic rings. The number of nitrogens with one attached hydrogen (secondary N) is 1. The third-order valence-corrected chi connectivity index (χ3v) is 11.4. The van der Waals surface area contributed by atoms with Crippen molar-refractivity contribution < 1.29 is 39.4 Å². The molecule has 230 valence electrons. The van der Waals surface area contributed by atoms with Gasteiger partial charge in [-0.1, -0.05) is 24.3 Å². The van der Waals surface area contributed by atoms with Crippen LogP contribution in [0.2, 0.25) is 0 Å². The third kappa shape index (κ3) is 10.3. The van der Waals surface area contributed by atoms with E-state index >= 15 is 0 Å². The van der Waals surface area contributed by atoms with Crippen LogP contribution in [0, 0.1) is 5.92 Å². The van der Waals surface area contributed by atoms with E-state index in [0.29, 0.717) is 51.4 Å². The van der Waals surface area contributed by atoms with Gasteiger partial charge in [-0.25, -0.2) is 12.6 Å². The van der Waals surface area contributed by atoms with E-state index < -0.39 is 38.9 Å². The van der Waals surface area contributed by atoms with Gasteiger partial charge in [0.05, 0.1) is 17.8 Å². The van der Waals surface area contributed by atoms with Gasteiger partial charge in [0.1, 0.15) is 0 Å². The fourth-order valence-electron chi connectivity index (χ4n) is 4.64. The van der Waals surface area contributed by atoms with Gasteiger partial charge in [0.2, 0.25) is 7.37 Å². The Morgan fingerprint density at radius 2 is 1.76 bits per heavy atom. The largest absolute Gasteiger partial charge is 0.501 e. The second-order valence-electron chi connectivity index (χ2n) is 9.81. The molecule has 0 saturated carbocycles. The molecule has 1 aliphatic rings. The number of benzene rings is 2. The fraction of sp³-hybridized carbons (Fsp3) is 0.520. The van der Waals surface area contributed by atoms with E-state index in [2.05, 4.69) is 9.80 Å². The summed E-state index contributed by atoms with van der Waals surface area (Å²) in [5.41, 5.74) is -5.77. The predicted octanol–water partition coefficient (Wildman–Crippen LogP) is 5.00. The first-order chi connectivity index (χ1) is 19.2. The summed E-state index contributed by atoms with van der Waals surface area (Å²) < 4.78 is 106. The minimum Gasteiger partial charge on any atom is -0.328 e. The van der Waals surface area contributed by atoms with Crippen LogP contribution in [0.25, 0.3) is 0 Å². The fourth-order valence-corrected chi connectivity index (χ4v) is 8.63. The normalized spacial score (nSPS) is 18.5. The van der Waals surface area contributed by atoms with Gasteiger partial charge in [-0.3, -0.25) is 18.7 Å². The van der Waals surface area contributed by atoms with Crippen LogP contribution in [0.3, 0.4) is 0 Å². The molecule has 1 saturated heterocycles. The Kier molecular flexibility index (Phi) is 12.3. The maximum atomic E-state index is 13.6. The summed E-state index contributed by atoms with van der Waals surface area (Å²) in [6.45, 7) is 6.89. The Morgan fingerprint density at radius 3 is 2.34 bits per heavy atom. The molecule has 16 heteroatoms. The average molecular weight is 658 g/mol. The average Bonchev–Trinajstić information content (AvgIpc) is 2.88. The molecule has 3 rings (SSSR count). The summed E-state index contributed by atoms with van der Waals surface area (Å²) in [7, 11) is -8.46. The zero-order chi connectivity index (χ0) is 30.3. The molecule has 0 aromatic heterocycles. The molecule has 9 nitrogen and oxygen atoms in total. The first-order valence-electron chi connectivity index (χ1n) is 12.9. The van der Waals surface area contributed by atoms with E-state index in [-0.39, 0.29) is 23.6 Å². The first kappa shape index (κ1) is 34.0. The Bertz CT molecular complexity index is 1330. The summed E-state index contributed by atoms with van der Waals surface area (Å²) in [5.74, 6) is 0.297. The van der Waals surface area contributed by atoms with Crippen molar-refractivity contribution in [1.29, 1.82) is 0 Å². The van der Waals surface area contributed by atoms with Crippen molar-refractivity contribution in [2.24, 2.45) is 5.92 Å². The van der Waals surface area contributed by atoms with Gasteiger partial charge in [-0.2, -0.15) is 13.2 Å². The maximum absolute atomic E-state index is 13.6. The van der Waals surface area contributed by atoms with Gasteiger partial charge < -0.3 is 9.42 Å². The molecule has 0 radical (unpaired) electrons. The lowest BCUT2D eigenvalue weighted by Crippen LogP contribution is -2.48. The van der Waals surface area contributed by atoms with Gasteiger partial charge in [-0.05, 0) is 49.1 Å². The lowest BCUT2D eigenvalue weighted by molar-refractivity contribution is -0.0436. The summed E-state index contributed by atoms with van der Waals surface area (Å²) in [6, 6.07) is 12.8. The number of rotatable bonds is 14. The van der Waals surface area contributed by atoms with E-state index in [0.717, 1.165) is 11.0 Å². The van der Waals surface area contributed by atoms with Crippen molar-refractivity contribution in [2.75, 3.05) is 62.8 Å². The lowest BCUT2D eigenvalue weighted by atomic mass is 9.99. The van der Waals surface area contributed by atoms with Crippen molar-refractivity contribution in [3.63, 3.8) is 0 Å². The summed E-state index contributed by atoms with van der Waals surface area (Å²) in [6.07, 6.45) is 0.390. The highest BCUT2D eigenvalue weighted by atomic mass is 32.2. The Balaban J connectivity index is 1.82. The second kappa shape index (κ2) is 14.8. The van der Waals surface area contributed by atoms with Crippen molar-refractivity contribution in [1.82, 2.24) is 9.80 Å². The molecule has 1 heterocycles. The third-order valence-electron chi connectivity index (χ3n) is 6.44. The smallest absolute Gasteiger partial charge is 0.328 e. The molecule has 0 aliphatic carbocycles. The zero-order valence-electron chi connectivity index (χ0n) is 22.7. The zero-order valence-corrected chi connectivity index (χ0v) is 26.1. The van der Waals surface area contributed by atoms with E-state index in [1.54, 1.807) is 13.6 Å². The SMILES string of the molecule is CCOP(C)(=O)CN1CCN(CC(CSc2ccccc2)Cc2ccc(NS(=O)O)cc2S(=O)(=O)C(F)(F)F)CC1. The molecule has 41 heavy (non-hydrogen) atoms. The van der Waals surface area contributed by atoms with Crippen LogP contribution in [-0.2, 0) is 36.6 Å². The number of anilines is 1. The first-order valence-corrected chi connectivity index (χ1v) is 18.7. The van der Waals surface area contributed by atoms with Crippen LogP contribution in [0.15, 0.2) is 58.3 Å². The number of halogens is 3. The van der Waals surface area contributed by atoms with Crippen LogP contribution < -0.4 is 4.72 Å². The van der Waals surface area contributed by atoms with Crippen molar-refractivity contribution in [2.45, 2.75) is 28.6 Å². The lowest BCUT2D eigenvalue weighted by Gasteiger charge is -2.37. The molecule has 3 unspecified atom stereocenters. The highest BCUT2D eigenvalue weighted by molar-refractivity contribution is 7.99. The molecular formula is C25H35F3N3O6PS3. The molecule has 0 spiro atoms. The standard InChI is InChI=1S/C25H35F3N3O6PS3/c1-3-37-38(2,32)19-31-13-11-30(12-14-31)17-20(18-39-23-7-5-4-6-8-23)15-21-9-10-22(29-40(33)34)16-24(21)41(35,36)25(26,27)28/h4-10,16,20,29H,3,11-15,17-19H2,1-2H3,(H,33,34). The number of piperazine rings is 1. The molecule has 2 N–H and O–H groups in total. The number of hydrogen-bond donors (Lipinski definition) is 2. The number of sulfone groups is 1. The van der Waals surface area contributed by atoms with Gasteiger partial charge in [0.25, 0.3) is 21.1 Å². The Labute approximate surface area is 246 Å². The van der Waals surface area contributed by atoms with E-state index in [9.17, 15) is 30.4 Å². The monoisotopic (exact) mass is 657 g/mol. The van der Waals surface area contributed by atoms with Crippen LogP contribution in [0.1, 0.15) is 12.5 Å². The molecule has 0 amide bonds. The topological polar surface area (TPSA) is 116 Å². The maximum Gasteiger partial charge on any atom is 0.501 e. The van der Waals surface area contributed by atoms with Crippen molar-refractivity contribution in [3.8, 4) is 0 Å². The second-order valence-corrected chi connectivity index (χ2v) is 16.1. The number of thioether (sulfide) groups is 1. The summed E-state index contributed by atoms with van der Waals surface area (Å²) in [4.78, 5) is 4.29. The molecule has 2 aromatic carbocycles. The van der Waals surface area contributed by atoms with Gasteiger partial charge in [-0.15, -0.1) is 11.8 Å². The minimum absolute atomic E-state index is 0.0162. The van der Waals surface area contributed by atoms with E-state index in [1.807, 2.05) is 35.1 Å². The highest BCUT2D eigenvalue weighted by Gasteiger charge is 2.48. The Morgan fingerprint density at radius 1 is 1.12 bits per heavy atom. The minimum atomic E-state index is -5.73. The summed E-state index contributed by atoms with van der Waals surface area (Å²) >= 11 is -1.06. The van der Waals surface area contributed by atoms with Crippen molar-refractivity contribution in [3.05, 3.63) is 54.1 Å². The molecule has 3 atom stereocenters. The highest BCUT2D eigenvalue weighted by Crippen LogP contribution is 2.43. The Hall–Kier alpha value is -1.45. The quantitative estimate of drug-likeness (QED) is 0.165. The number of nitrogens with zero attached hydrogens (tertiary/aromatic N) is 2. The number of hydrogen-bond acceptors (Lipinski definition) is 8. The van der Waals surface area contributed by atoms with Gasteiger partial charge in [0, 0.05) is 55.7 Å². The van der Waals surface area contributed by atoms with E-state index in [4.69, 9.17) is 9.08 Å².